The van der Waals surface area contributed by atoms with E-state index in [1.165, 1.54) is 18.2 Å². The van der Waals surface area contributed by atoms with Crippen molar-refractivity contribution in [2.75, 3.05) is 10.8 Å². The van der Waals surface area contributed by atoms with Crippen molar-refractivity contribution in [3.05, 3.63) is 5.82 Å². The standard InChI is InChI=1S/C14H24N4O2S/c1-4-6-12-15-16-14(21-9-13(19)20)18(12)17-10(2)7-5-8-11(17)3/h10-11H,4-9H2,1-3H3,(H,19,20). The number of carboxylic acids is 1. The van der Waals surface area contributed by atoms with E-state index in [9.17, 15) is 4.79 Å². The summed E-state index contributed by atoms with van der Waals surface area (Å²) in [6, 6.07) is 0.842. The molecule has 0 aliphatic carbocycles. The van der Waals surface area contributed by atoms with E-state index in [1.54, 1.807) is 0 Å². The maximum absolute atomic E-state index is 10.8. The maximum Gasteiger partial charge on any atom is 0.313 e. The van der Waals surface area contributed by atoms with Crippen LogP contribution in [0.4, 0.5) is 0 Å². The lowest BCUT2D eigenvalue weighted by Gasteiger charge is -2.42. The Balaban J connectivity index is 2.32. The van der Waals surface area contributed by atoms with Crippen molar-refractivity contribution in [2.24, 2.45) is 0 Å². The van der Waals surface area contributed by atoms with Crippen LogP contribution in [0.5, 0.6) is 0 Å². The highest BCUT2D eigenvalue weighted by Crippen LogP contribution is 2.26. The molecule has 2 rings (SSSR count). The van der Waals surface area contributed by atoms with Gasteiger partial charge in [-0.15, -0.1) is 10.2 Å². The van der Waals surface area contributed by atoms with E-state index in [0.717, 1.165) is 31.5 Å². The second kappa shape index (κ2) is 7.15. The fraction of sp³-hybridized carbons (Fsp3) is 0.786. The molecule has 2 heterocycles. The third-order valence-electron chi connectivity index (χ3n) is 3.85. The average molecular weight is 312 g/mol. The van der Waals surface area contributed by atoms with E-state index in [4.69, 9.17) is 5.11 Å². The molecular formula is C14H24N4O2S. The molecule has 0 radical (unpaired) electrons. The molecule has 1 aromatic rings. The molecule has 7 heteroatoms. The van der Waals surface area contributed by atoms with Gasteiger partial charge < -0.3 is 10.1 Å². The third-order valence-corrected chi connectivity index (χ3v) is 4.76. The number of thioether (sulfide) groups is 1. The Kier molecular flexibility index (Phi) is 5.50. The summed E-state index contributed by atoms with van der Waals surface area (Å²) in [6.45, 7) is 6.56. The number of aryl methyl sites for hydroxylation is 1. The SMILES string of the molecule is CCCc1nnc(SCC(=O)O)n1N1C(C)CCCC1C. The first-order chi connectivity index (χ1) is 10.0. The van der Waals surface area contributed by atoms with Crippen LogP contribution in [0.3, 0.4) is 0 Å². The van der Waals surface area contributed by atoms with Crippen molar-refractivity contribution >= 4 is 17.7 Å². The molecule has 1 saturated heterocycles. The zero-order valence-electron chi connectivity index (χ0n) is 12.9. The number of nitrogens with zero attached hydrogens (tertiary/aromatic N) is 4. The van der Waals surface area contributed by atoms with E-state index in [-0.39, 0.29) is 5.75 Å². The fourth-order valence-electron chi connectivity index (χ4n) is 2.93. The van der Waals surface area contributed by atoms with Crippen LogP contribution >= 0.6 is 11.8 Å². The van der Waals surface area contributed by atoms with Crippen LogP contribution in [0.25, 0.3) is 0 Å². The zero-order chi connectivity index (χ0) is 15.4. The van der Waals surface area contributed by atoms with Gasteiger partial charge in [-0.2, -0.15) is 0 Å². The van der Waals surface area contributed by atoms with Crippen molar-refractivity contribution in [3.8, 4) is 0 Å². The van der Waals surface area contributed by atoms with Gasteiger partial charge in [-0.3, -0.25) is 4.79 Å². The molecule has 0 bridgehead atoms. The third kappa shape index (κ3) is 3.70. The van der Waals surface area contributed by atoms with E-state index >= 15 is 0 Å². The van der Waals surface area contributed by atoms with Crippen LogP contribution in [-0.2, 0) is 11.2 Å². The molecule has 1 aliphatic rings. The molecular weight excluding hydrogens is 288 g/mol. The van der Waals surface area contributed by atoms with E-state index < -0.39 is 5.97 Å². The van der Waals surface area contributed by atoms with Gasteiger partial charge in [-0.25, -0.2) is 4.68 Å². The fourth-order valence-corrected chi connectivity index (χ4v) is 3.60. The van der Waals surface area contributed by atoms with Gasteiger partial charge in [0.25, 0.3) is 0 Å². The molecule has 1 aromatic heterocycles. The summed E-state index contributed by atoms with van der Waals surface area (Å²) in [7, 11) is 0. The van der Waals surface area contributed by atoms with Crippen molar-refractivity contribution in [1.82, 2.24) is 14.9 Å². The molecule has 0 saturated carbocycles. The molecule has 1 aliphatic heterocycles. The van der Waals surface area contributed by atoms with E-state index in [2.05, 4.69) is 40.7 Å². The smallest absolute Gasteiger partial charge is 0.313 e. The molecule has 118 valence electrons. The lowest BCUT2D eigenvalue weighted by Crippen LogP contribution is -2.52. The van der Waals surface area contributed by atoms with Crippen LogP contribution in [0.1, 0.15) is 52.3 Å². The van der Waals surface area contributed by atoms with Gasteiger partial charge in [-0.05, 0) is 39.5 Å². The highest BCUT2D eigenvalue weighted by Gasteiger charge is 2.29. The molecule has 1 N–H and O–H groups in total. The summed E-state index contributed by atoms with van der Waals surface area (Å²) in [5.74, 6) is 0.123. The topological polar surface area (TPSA) is 71.2 Å². The van der Waals surface area contributed by atoms with Crippen molar-refractivity contribution < 1.29 is 9.90 Å². The molecule has 0 spiro atoms. The van der Waals surface area contributed by atoms with Crippen LogP contribution in [0, 0.1) is 0 Å². The Morgan fingerprint density at radius 2 is 2.00 bits per heavy atom. The highest BCUT2D eigenvalue weighted by molar-refractivity contribution is 7.99. The normalized spacial score (nSPS) is 22.5. The number of aliphatic carboxylic acids is 1. The van der Waals surface area contributed by atoms with Crippen LogP contribution in [0.15, 0.2) is 5.16 Å². The Morgan fingerprint density at radius 1 is 1.33 bits per heavy atom. The Labute approximate surface area is 129 Å². The maximum atomic E-state index is 10.8. The molecule has 6 nitrogen and oxygen atoms in total. The first kappa shape index (κ1) is 16.1. The molecule has 0 amide bonds. The largest absolute Gasteiger partial charge is 0.481 e. The molecule has 0 aromatic carbocycles. The van der Waals surface area contributed by atoms with Crippen LogP contribution in [-0.4, -0.2) is 43.8 Å². The zero-order valence-corrected chi connectivity index (χ0v) is 13.8. The second-order valence-electron chi connectivity index (χ2n) is 5.65. The monoisotopic (exact) mass is 312 g/mol. The first-order valence-electron chi connectivity index (χ1n) is 7.62. The number of rotatable bonds is 6. The van der Waals surface area contributed by atoms with Gasteiger partial charge in [0.05, 0.1) is 5.75 Å². The molecule has 21 heavy (non-hydrogen) atoms. The molecule has 1 fully saturated rings. The summed E-state index contributed by atoms with van der Waals surface area (Å²) in [5.41, 5.74) is 0. The van der Waals surface area contributed by atoms with Crippen LogP contribution in [0.2, 0.25) is 0 Å². The van der Waals surface area contributed by atoms with Gasteiger partial charge in [0.15, 0.2) is 5.82 Å². The van der Waals surface area contributed by atoms with Crippen molar-refractivity contribution in [2.45, 2.75) is 70.1 Å². The Morgan fingerprint density at radius 3 is 2.57 bits per heavy atom. The highest BCUT2D eigenvalue weighted by atomic mass is 32.2. The lowest BCUT2D eigenvalue weighted by atomic mass is 10.00. The van der Waals surface area contributed by atoms with Gasteiger partial charge >= 0.3 is 5.97 Å². The van der Waals surface area contributed by atoms with Gasteiger partial charge in [-0.1, -0.05) is 18.7 Å². The summed E-state index contributed by atoms with van der Waals surface area (Å²) in [5, 5.41) is 20.4. The van der Waals surface area contributed by atoms with Gasteiger partial charge in [0, 0.05) is 18.5 Å². The van der Waals surface area contributed by atoms with Crippen molar-refractivity contribution in [1.29, 1.82) is 0 Å². The number of carbonyl (C=O) groups is 1. The summed E-state index contributed by atoms with van der Waals surface area (Å²) in [6.07, 6.45) is 5.39. The second-order valence-corrected chi connectivity index (χ2v) is 6.59. The number of hydrogen-bond acceptors (Lipinski definition) is 5. The predicted molar refractivity (Wildman–Crippen MR) is 83.4 cm³/mol. The predicted octanol–water partition coefficient (Wildman–Crippen LogP) is 2.31. The molecule has 2 unspecified atom stereocenters. The lowest BCUT2D eigenvalue weighted by molar-refractivity contribution is -0.133. The van der Waals surface area contributed by atoms with E-state index in [0.29, 0.717) is 17.2 Å². The van der Waals surface area contributed by atoms with Crippen molar-refractivity contribution in [3.63, 3.8) is 0 Å². The number of hydrogen-bond donors (Lipinski definition) is 1. The van der Waals surface area contributed by atoms with Crippen LogP contribution < -0.4 is 5.01 Å². The molecule has 2 atom stereocenters. The van der Waals surface area contributed by atoms with Gasteiger partial charge in [0.1, 0.15) is 0 Å². The summed E-state index contributed by atoms with van der Waals surface area (Å²) >= 11 is 1.25. The average Bonchev–Trinajstić information content (AvgIpc) is 2.80. The number of piperidine rings is 1. The Hall–Kier alpha value is -1.24. The van der Waals surface area contributed by atoms with E-state index in [1.807, 2.05) is 0 Å². The van der Waals surface area contributed by atoms with Gasteiger partial charge in [0.2, 0.25) is 5.16 Å². The minimum Gasteiger partial charge on any atom is -0.481 e. The summed E-state index contributed by atoms with van der Waals surface area (Å²) < 4.78 is 2.08. The Bertz CT molecular complexity index is 481. The number of carboxylic acid groups (broad SMARTS) is 1. The summed E-state index contributed by atoms with van der Waals surface area (Å²) in [4.78, 5) is 10.8. The minimum atomic E-state index is -0.827. The quantitative estimate of drug-likeness (QED) is 0.813. The minimum absolute atomic E-state index is 0.0147. The first-order valence-corrected chi connectivity index (χ1v) is 8.60. The number of aromatic nitrogens is 3.